The molecule has 0 radical (unpaired) electrons. The molecule has 0 spiro atoms. The number of esters is 1. The summed E-state index contributed by atoms with van der Waals surface area (Å²) in [5.74, 6) is -0.163. The maximum absolute atomic E-state index is 12.0. The molecule has 0 aliphatic carbocycles. The Morgan fingerprint density at radius 2 is 2.20 bits per heavy atom. The number of hydrogen-bond donors (Lipinski definition) is 1. The fourth-order valence-electron chi connectivity index (χ4n) is 2.55. The van der Waals surface area contributed by atoms with E-state index in [1.54, 1.807) is 0 Å². The van der Waals surface area contributed by atoms with Gasteiger partial charge in [0.1, 0.15) is 5.54 Å². The average molecular weight is 286 g/mol. The second-order valence-corrected chi connectivity index (χ2v) is 6.26. The molecule has 118 valence electrons. The Hall–Kier alpha value is -0.650. The molecule has 0 bridgehead atoms. The van der Waals surface area contributed by atoms with Gasteiger partial charge in [-0.3, -0.25) is 9.69 Å². The monoisotopic (exact) mass is 286 g/mol. The SMILES string of the molecule is CCOC(=O)C(C)(CCCN1CCOCC1(C)C)NC. The van der Waals surface area contributed by atoms with Crippen LogP contribution in [0.5, 0.6) is 0 Å². The van der Waals surface area contributed by atoms with Gasteiger partial charge < -0.3 is 14.8 Å². The van der Waals surface area contributed by atoms with E-state index in [2.05, 4.69) is 24.1 Å². The molecular formula is C15H30N2O3. The Bertz CT molecular complexity index is 320. The first-order chi connectivity index (χ1) is 9.35. The zero-order valence-corrected chi connectivity index (χ0v) is 13.6. The van der Waals surface area contributed by atoms with Gasteiger partial charge in [0.25, 0.3) is 0 Å². The maximum atomic E-state index is 12.0. The first-order valence-electron chi connectivity index (χ1n) is 7.54. The molecule has 0 aromatic carbocycles. The maximum Gasteiger partial charge on any atom is 0.326 e. The summed E-state index contributed by atoms with van der Waals surface area (Å²) in [6.45, 7) is 12.1. The summed E-state index contributed by atoms with van der Waals surface area (Å²) in [7, 11) is 1.82. The van der Waals surface area contributed by atoms with Gasteiger partial charge in [-0.25, -0.2) is 0 Å². The van der Waals surface area contributed by atoms with E-state index < -0.39 is 5.54 Å². The number of likely N-dealkylation sites (N-methyl/N-ethyl adjacent to an activating group) is 1. The molecule has 1 aliphatic rings. The number of ether oxygens (including phenoxy) is 2. The fourth-order valence-corrected chi connectivity index (χ4v) is 2.55. The molecule has 20 heavy (non-hydrogen) atoms. The summed E-state index contributed by atoms with van der Waals surface area (Å²) >= 11 is 0. The molecule has 1 rings (SSSR count). The van der Waals surface area contributed by atoms with Gasteiger partial charge in [-0.05, 0) is 54.1 Å². The number of nitrogens with zero attached hydrogens (tertiary/aromatic N) is 1. The zero-order chi connectivity index (χ0) is 15.2. The second kappa shape index (κ2) is 7.38. The third-order valence-electron chi connectivity index (χ3n) is 4.20. The van der Waals surface area contributed by atoms with Crippen molar-refractivity contribution in [3.63, 3.8) is 0 Å². The summed E-state index contributed by atoms with van der Waals surface area (Å²) < 4.78 is 10.7. The van der Waals surface area contributed by atoms with E-state index in [1.165, 1.54) is 0 Å². The normalized spacial score (nSPS) is 22.2. The topological polar surface area (TPSA) is 50.8 Å². The summed E-state index contributed by atoms with van der Waals surface area (Å²) in [5, 5.41) is 3.10. The molecule has 5 nitrogen and oxygen atoms in total. The van der Waals surface area contributed by atoms with Crippen LogP contribution in [0.1, 0.15) is 40.5 Å². The lowest BCUT2D eigenvalue weighted by Crippen LogP contribution is -2.54. The van der Waals surface area contributed by atoms with Crippen LogP contribution in [-0.4, -0.2) is 61.9 Å². The highest BCUT2D eigenvalue weighted by atomic mass is 16.5. The summed E-state index contributed by atoms with van der Waals surface area (Å²) in [6, 6.07) is 0. The van der Waals surface area contributed by atoms with Gasteiger partial charge in [0.15, 0.2) is 0 Å². The Morgan fingerprint density at radius 3 is 2.75 bits per heavy atom. The lowest BCUT2D eigenvalue weighted by Gasteiger charge is -2.42. The van der Waals surface area contributed by atoms with Crippen molar-refractivity contribution in [2.24, 2.45) is 0 Å². The Kier molecular flexibility index (Phi) is 6.43. The van der Waals surface area contributed by atoms with Gasteiger partial charge in [0, 0.05) is 12.1 Å². The molecule has 1 heterocycles. The molecule has 0 amide bonds. The Morgan fingerprint density at radius 1 is 1.50 bits per heavy atom. The number of morpholine rings is 1. The van der Waals surface area contributed by atoms with Crippen molar-refractivity contribution in [1.82, 2.24) is 10.2 Å². The first kappa shape index (κ1) is 17.4. The van der Waals surface area contributed by atoms with Gasteiger partial charge in [0.2, 0.25) is 0 Å². The van der Waals surface area contributed by atoms with Gasteiger partial charge in [-0.1, -0.05) is 0 Å². The highest BCUT2D eigenvalue weighted by molar-refractivity contribution is 5.80. The van der Waals surface area contributed by atoms with Gasteiger partial charge in [-0.2, -0.15) is 0 Å². The minimum atomic E-state index is -0.591. The molecule has 0 saturated carbocycles. The molecule has 1 atom stereocenters. The van der Waals surface area contributed by atoms with Crippen molar-refractivity contribution in [2.75, 3.05) is 40.0 Å². The van der Waals surface area contributed by atoms with E-state index in [0.29, 0.717) is 6.61 Å². The quantitative estimate of drug-likeness (QED) is 0.717. The predicted octanol–water partition coefficient (Wildman–Crippen LogP) is 1.42. The Labute approximate surface area is 123 Å². The number of hydrogen-bond acceptors (Lipinski definition) is 5. The summed E-state index contributed by atoms with van der Waals surface area (Å²) in [6.07, 6.45) is 1.73. The third kappa shape index (κ3) is 4.43. The smallest absolute Gasteiger partial charge is 0.326 e. The van der Waals surface area contributed by atoms with E-state index in [1.807, 2.05) is 20.9 Å². The van der Waals surface area contributed by atoms with Gasteiger partial charge >= 0.3 is 5.97 Å². The second-order valence-electron chi connectivity index (χ2n) is 6.26. The number of carbonyl (C=O) groups excluding carboxylic acids is 1. The minimum absolute atomic E-state index is 0.0816. The highest BCUT2D eigenvalue weighted by Gasteiger charge is 2.34. The van der Waals surface area contributed by atoms with Crippen LogP contribution in [0.3, 0.4) is 0 Å². The first-order valence-corrected chi connectivity index (χ1v) is 7.54. The molecule has 1 saturated heterocycles. The lowest BCUT2D eigenvalue weighted by molar-refractivity contribution is -0.150. The molecule has 0 aromatic rings. The van der Waals surface area contributed by atoms with Gasteiger partial charge in [-0.15, -0.1) is 0 Å². The van der Waals surface area contributed by atoms with Crippen molar-refractivity contribution in [3.8, 4) is 0 Å². The summed E-state index contributed by atoms with van der Waals surface area (Å²) in [4.78, 5) is 14.4. The average Bonchev–Trinajstić information content (AvgIpc) is 2.40. The van der Waals surface area contributed by atoms with Crippen molar-refractivity contribution in [2.45, 2.75) is 51.6 Å². The molecule has 5 heteroatoms. The van der Waals surface area contributed by atoms with Crippen molar-refractivity contribution in [1.29, 1.82) is 0 Å². The predicted molar refractivity (Wildman–Crippen MR) is 79.8 cm³/mol. The number of nitrogens with one attached hydrogen (secondary N) is 1. The molecule has 1 fully saturated rings. The van der Waals surface area contributed by atoms with Crippen LogP contribution in [-0.2, 0) is 14.3 Å². The van der Waals surface area contributed by atoms with Crippen LogP contribution in [0.25, 0.3) is 0 Å². The van der Waals surface area contributed by atoms with Crippen molar-refractivity contribution < 1.29 is 14.3 Å². The lowest BCUT2D eigenvalue weighted by atomic mass is 9.94. The number of carbonyl (C=O) groups is 1. The molecule has 1 aliphatic heterocycles. The van der Waals surface area contributed by atoms with E-state index in [9.17, 15) is 4.79 Å². The van der Waals surface area contributed by atoms with Crippen LogP contribution >= 0.6 is 0 Å². The van der Waals surface area contributed by atoms with Crippen LogP contribution in [0.15, 0.2) is 0 Å². The van der Waals surface area contributed by atoms with Crippen LogP contribution in [0.2, 0.25) is 0 Å². The van der Waals surface area contributed by atoms with E-state index >= 15 is 0 Å². The molecular weight excluding hydrogens is 256 g/mol. The minimum Gasteiger partial charge on any atom is -0.465 e. The third-order valence-corrected chi connectivity index (χ3v) is 4.20. The fraction of sp³-hybridized carbons (Fsp3) is 0.933. The standard InChI is InChI=1S/C15H30N2O3/c1-6-20-13(18)15(4,16-5)8-7-9-17-10-11-19-12-14(17,2)3/h16H,6-12H2,1-5H3. The van der Waals surface area contributed by atoms with Crippen LogP contribution in [0.4, 0.5) is 0 Å². The van der Waals surface area contributed by atoms with E-state index in [4.69, 9.17) is 9.47 Å². The van der Waals surface area contributed by atoms with E-state index in [-0.39, 0.29) is 11.5 Å². The summed E-state index contributed by atoms with van der Waals surface area (Å²) in [5.41, 5.74) is -0.509. The largest absolute Gasteiger partial charge is 0.465 e. The van der Waals surface area contributed by atoms with Crippen molar-refractivity contribution in [3.05, 3.63) is 0 Å². The molecule has 0 aromatic heterocycles. The highest BCUT2D eigenvalue weighted by Crippen LogP contribution is 2.21. The zero-order valence-electron chi connectivity index (χ0n) is 13.6. The Balaban J connectivity index is 2.46. The molecule has 1 unspecified atom stereocenters. The van der Waals surface area contributed by atoms with Crippen molar-refractivity contribution >= 4 is 5.97 Å². The van der Waals surface area contributed by atoms with Crippen LogP contribution in [0, 0.1) is 0 Å². The number of rotatable bonds is 7. The van der Waals surface area contributed by atoms with Crippen LogP contribution < -0.4 is 5.32 Å². The molecule has 1 N–H and O–H groups in total. The van der Waals surface area contributed by atoms with E-state index in [0.717, 1.165) is 39.1 Å². The van der Waals surface area contributed by atoms with Gasteiger partial charge in [0.05, 0.1) is 19.8 Å².